The minimum Gasteiger partial charge on any atom is -0.468 e. The third-order valence-electron chi connectivity index (χ3n) is 2.95. The maximum absolute atomic E-state index is 11.9. The standard InChI is InChI=1S/C12H13NO3/c1-16-11(15)12(7-10(14)13-8-12)9-5-3-2-4-6-9/h2-6H,7-8H2,1H3,(H,13,14). The van der Waals surface area contributed by atoms with Gasteiger partial charge in [-0.15, -0.1) is 0 Å². The topological polar surface area (TPSA) is 55.4 Å². The van der Waals surface area contributed by atoms with Gasteiger partial charge in [-0.3, -0.25) is 9.59 Å². The van der Waals surface area contributed by atoms with Gasteiger partial charge in [-0.2, -0.15) is 0 Å². The molecule has 16 heavy (non-hydrogen) atoms. The molecule has 1 heterocycles. The first-order chi connectivity index (χ1) is 7.69. The molecule has 0 bridgehead atoms. The van der Waals surface area contributed by atoms with Crippen molar-refractivity contribution in [3.05, 3.63) is 35.9 Å². The van der Waals surface area contributed by atoms with Gasteiger partial charge in [0.25, 0.3) is 0 Å². The molecule has 0 aromatic heterocycles. The number of esters is 1. The lowest BCUT2D eigenvalue weighted by Crippen LogP contribution is -2.38. The van der Waals surface area contributed by atoms with E-state index in [-0.39, 0.29) is 18.3 Å². The fourth-order valence-electron chi connectivity index (χ4n) is 2.07. The predicted octanol–water partition coefficient (Wildman–Crippen LogP) is 0.617. The molecule has 0 aliphatic carbocycles. The molecule has 1 aromatic rings. The Morgan fingerprint density at radius 2 is 2.06 bits per heavy atom. The van der Waals surface area contributed by atoms with Crippen molar-refractivity contribution < 1.29 is 14.3 Å². The van der Waals surface area contributed by atoms with Crippen LogP contribution in [-0.2, 0) is 19.7 Å². The van der Waals surface area contributed by atoms with Gasteiger partial charge < -0.3 is 10.1 Å². The summed E-state index contributed by atoms with van der Waals surface area (Å²) in [7, 11) is 1.34. The molecule has 0 radical (unpaired) electrons. The zero-order chi connectivity index (χ0) is 11.6. The van der Waals surface area contributed by atoms with E-state index in [0.717, 1.165) is 5.56 Å². The number of hydrogen-bond acceptors (Lipinski definition) is 3. The average Bonchev–Trinajstić information content (AvgIpc) is 2.73. The molecule has 4 nitrogen and oxygen atoms in total. The van der Waals surface area contributed by atoms with Gasteiger partial charge in [0, 0.05) is 13.0 Å². The molecule has 1 saturated heterocycles. The largest absolute Gasteiger partial charge is 0.468 e. The Bertz CT molecular complexity index is 416. The zero-order valence-corrected chi connectivity index (χ0v) is 9.03. The van der Waals surface area contributed by atoms with E-state index in [9.17, 15) is 9.59 Å². The van der Waals surface area contributed by atoms with Crippen LogP contribution in [0.15, 0.2) is 30.3 Å². The van der Waals surface area contributed by atoms with Crippen LogP contribution in [0.3, 0.4) is 0 Å². The molecule has 2 rings (SSSR count). The third-order valence-corrected chi connectivity index (χ3v) is 2.95. The van der Waals surface area contributed by atoms with Crippen LogP contribution in [0.4, 0.5) is 0 Å². The van der Waals surface area contributed by atoms with Gasteiger partial charge in [0.05, 0.1) is 7.11 Å². The molecule has 84 valence electrons. The lowest BCUT2D eigenvalue weighted by Gasteiger charge is -2.24. The van der Waals surface area contributed by atoms with E-state index < -0.39 is 5.41 Å². The van der Waals surface area contributed by atoms with E-state index >= 15 is 0 Å². The molecule has 1 atom stereocenters. The third kappa shape index (κ3) is 1.56. The van der Waals surface area contributed by atoms with Crippen molar-refractivity contribution in [1.29, 1.82) is 0 Å². The van der Waals surface area contributed by atoms with Gasteiger partial charge in [-0.25, -0.2) is 0 Å². The second-order valence-corrected chi connectivity index (χ2v) is 3.89. The van der Waals surface area contributed by atoms with E-state index in [0.29, 0.717) is 6.54 Å². The highest BCUT2D eigenvalue weighted by molar-refractivity contribution is 5.94. The molecular weight excluding hydrogens is 206 g/mol. The summed E-state index contributed by atoms with van der Waals surface area (Å²) in [6.07, 6.45) is 0.156. The van der Waals surface area contributed by atoms with Crippen LogP contribution in [-0.4, -0.2) is 25.5 Å². The summed E-state index contributed by atoms with van der Waals surface area (Å²) in [6.45, 7) is 0.308. The van der Waals surface area contributed by atoms with Gasteiger partial charge in [0.1, 0.15) is 5.41 Å². The van der Waals surface area contributed by atoms with Gasteiger partial charge >= 0.3 is 5.97 Å². The second-order valence-electron chi connectivity index (χ2n) is 3.89. The highest BCUT2D eigenvalue weighted by atomic mass is 16.5. The molecular formula is C12H13NO3. The Hall–Kier alpha value is -1.84. The van der Waals surface area contributed by atoms with Gasteiger partial charge in [0.15, 0.2) is 0 Å². The van der Waals surface area contributed by atoms with Crippen LogP contribution in [0, 0.1) is 0 Å². The van der Waals surface area contributed by atoms with Crippen molar-refractivity contribution in [1.82, 2.24) is 5.32 Å². The molecule has 1 N–H and O–H groups in total. The highest BCUT2D eigenvalue weighted by Gasteiger charge is 2.47. The van der Waals surface area contributed by atoms with Crippen molar-refractivity contribution in [3.63, 3.8) is 0 Å². The first-order valence-electron chi connectivity index (χ1n) is 5.10. The molecule has 0 saturated carbocycles. The van der Waals surface area contributed by atoms with Crippen LogP contribution < -0.4 is 5.32 Å². The number of carbonyl (C=O) groups excluding carboxylic acids is 2. The van der Waals surface area contributed by atoms with E-state index in [1.54, 1.807) is 0 Å². The van der Waals surface area contributed by atoms with E-state index in [2.05, 4.69) is 5.32 Å². The maximum atomic E-state index is 11.9. The molecule has 0 spiro atoms. The molecule has 1 aromatic carbocycles. The summed E-state index contributed by atoms with van der Waals surface area (Å²) in [5.74, 6) is -0.480. The number of benzene rings is 1. The Balaban J connectivity index is 2.44. The molecule has 1 fully saturated rings. The number of ether oxygens (including phenoxy) is 1. The molecule has 1 aliphatic rings. The first kappa shape index (κ1) is 10.7. The Morgan fingerprint density at radius 3 is 2.56 bits per heavy atom. The van der Waals surface area contributed by atoms with Crippen LogP contribution in [0.5, 0.6) is 0 Å². The van der Waals surface area contributed by atoms with Crippen molar-refractivity contribution in [2.75, 3.05) is 13.7 Å². The average molecular weight is 219 g/mol. The number of rotatable bonds is 2. The Morgan fingerprint density at radius 1 is 1.38 bits per heavy atom. The number of hydrogen-bond donors (Lipinski definition) is 1. The van der Waals surface area contributed by atoms with Crippen molar-refractivity contribution in [3.8, 4) is 0 Å². The quantitative estimate of drug-likeness (QED) is 0.742. The monoisotopic (exact) mass is 219 g/mol. The predicted molar refractivity (Wildman–Crippen MR) is 57.8 cm³/mol. The van der Waals surface area contributed by atoms with Crippen molar-refractivity contribution >= 4 is 11.9 Å². The van der Waals surface area contributed by atoms with E-state index in [1.807, 2.05) is 30.3 Å². The number of amides is 1. The van der Waals surface area contributed by atoms with Crippen LogP contribution >= 0.6 is 0 Å². The normalized spacial score (nSPS) is 23.9. The first-order valence-corrected chi connectivity index (χ1v) is 5.10. The van der Waals surface area contributed by atoms with Gasteiger partial charge in [-0.05, 0) is 5.56 Å². The molecule has 4 heteroatoms. The molecule has 1 aliphatic heterocycles. The van der Waals surface area contributed by atoms with Crippen LogP contribution in [0.25, 0.3) is 0 Å². The van der Waals surface area contributed by atoms with Crippen molar-refractivity contribution in [2.45, 2.75) is 11.8 Å². The van der Waals surface area contributed by atoms with Crippen LogP contribution in [0.1, 0.15) is 12.0 Å². The summed E-state index contributed by atoms with van der Waals surface area (Å²) in [6, 6.07) is 9.26. The summed E-state index contributed by atoms with van der Waals surface area (Å²) in [4.78, 5) is 23.2. The zero-order valence-electron chi connectivity index (χ0n) is 9.03. The van der Waals surface area contributed by atoms with Crippen molar-refractivity contribution in [2.24, 2.45) is 0 Å². The summed E-state index contributed by atoms with van der Waals surface area (Å²) in [5.41, 5.74) is -0.0344. The highest BCUT2D eigenvalue weighted by Crippen LogP contribution is 2.32. The number of carbonyl (C=O) groups is 2. The minimum atomic E-state index is -0.854. The number of methoxy groups -OCH3 is 1. The fraction of sp³-hybridized carbons (Fsp3) is 0.333. The van der Waals surface area contributed by atoms with E-state index in [1.165, 1.54) is 7.11 Å². The number of nitrogens with one attached hydrogen (secondary N) is 1. The Labute approximate surface area is 93.6 Å². The minimum absolute atomic E-state index is 0.116. The maximum Gasteiger partial charge on any atom is 0.318 e. The van der Waals surface area contributed by atoms with Gasteiger partial charge in [-0.1, -0.05) is 30.3 Å². The van der Waals surface area contributed by atoms with Crippen LogP contribution in [0.2, 0.25) is 0 Å². The molecule has 1 unspecified atom stereocenters. The molecule has 1 amide bonds. The summed E-state index contributed by atoms with van der Waals surface area (Å²) in [5, 5.41) is 2.68. The summed E-state index contributed by atoms with van der Waals surface area (Å²) >= 11 is 0. The SMILES string of the molecule is COC(=O)C1(c2ccccc2)CNC(=O)C1. The lowest BCUT2D eigenvalue weighted by atomic mass is 9.79. The lowest BCUT2D eigenvalue weighted by molar-refractivity contribution is -0.147. The fourth-order valence-corrected chi connectivity index (χ4v) is 2.07. The smallest absolute Gasteiger partial charge is 0.318 e. The Kier molecular flexibility index (Phi) is 2.64. The second kappa shape index (κ2) is 3.96. The summed E-state index contributed by atoms with van der Waals surface area (Å²) < 4.78 is 4.81. The van der Waals surface area contributed by atoms with E-state index in [4.69, 9.17) is 4.74 Å². The van der Waals surface area contributed by atoms with Gasteiger partial charge in [0.2, 0.25) is 5.91 Å².